The van der Waals surface area contributed by atoms with Crippen molar-refractivity contribution in [2.24, 2.45) is 5.92 Å². The summed E-state index contributed by atoms with van der Waals surface area (Å²) in [5, 5.41) is 11.6. The second-order valence-corrected chi connectivity index (χ2v) is 4.78. The second kappa shape index (κ2) is 2.64. The molecule has 2 nitrogen and oxygen atoms in total. The zero-order chi connectivity index (χ0) is 10.6. The molecule has 0 amide bonds. The molecule has 0 saturated carbocycles. The zero-order valence-corrected chi connectivity index (χ0v) is 9.04. The van der Waals surface area contributed by atoms with E-state index >= 15 is 0 Å². The topological polar surface area (TPSA) is 36.0 Å². The minimum atomic E-state index is -0.700. The van der Waals surface area contributed by atoms with Crippen LogP contribution in [0.15, 0.2) is 24.3 Å². The highest BCUT2D eigenvalue weighted by atomic mass is 16.3. The van der Waals surface area contributed by atoms with Crippen molar-refractivity contribution in [2.75, 3.05) is 0 Å². The largest absolute Gasteiger partial charge is 0.384 e. The average Bonchev–Trinajstić information content (AvgIpc) is 2.66. The number of H-pyrrole nitrogens is 1. The van der Waals surface area contributed by atoms with Crippen LogP contribution in [0, 0.1) is 5.92 Å². The van der Waals surface area contributed by atoms with E-state index in [1.165, 1.54) is 10.9 Å². The second-order valence-electron chi connectivity index (χ2n) is 4.78. The first-order valence-electron chi connectivity index (χ1n) is 5.43. The number of nitrogens with one attached hydrogen (secondary N) is 1. The number of aromatic amines is 1. The van der Waals surface area contributed by atoms with Gasteiger partial charge in [0.1, 0.15) is 5.60 Å². The van der Waals surface area contributed by atoms with Crippen LogP contribution in [0.25, 0.3) is 10.9 Å². The molecule has 2 heteroatoms. The fraction of sp³-hybridized carbons (Fsp3) is 0.385. The van der Waals surface area contributed by atoms with Gasteiger partial charge in [0, 0.05) is 10.9 Å². The predicted molar refractivity (Wildman–Crippen MR) is 60.7 cm³/mol. The Labute approximate surface area is 88.9 Å². The van der Waals surface area contributed by atoms with Crippen molar-refractivity contribution in [3.63, 3.8) is 0 Å². The van der Waals surface area contributed by atoms with Crippen molar-refractivity contribution >= 4 is 10.9 Å². The van der Waals surface area contributed by atoms with E-state index in [0.717, 1.165) is 17.6 Å². The van der Waals surface area contributed by atoms with Crippen molar-refractivity contribution in [3.05, 3.63) is 35.5 Å². The molecule has 3 rings (SSSR count). The van der Waals surface area contributed by atoms with Gasteiger partial charge in [-0.3, -0.25) is 0 Å². The third-order valence-electron chi connectivity index (χ3n) is 3.79. The van der Waals surface area contributed by atoms with Crippen LogP contribution in [0.5, 0.6) is 0 Å². The first-order chi connectivity index (χ1) is 7.10. The summed E-state index contributed by atoms with van der Waals surface area (Å²) in [6, 6.07) is 8.26. The lowest BCUT2D eigenvalue weighted by atomic mass is 9.94. The van der Waals surface area contributed by atoms with E-state index in [9.17, 15) is 5.11 Å². The van der Waals surface area contributed by atoms with Crippen LogP contribution in [-0.2, 0) is 12.0 Å². The molecule has 0 fully saturated rings. The number of aromatic nitrogens is 1. The molecule has 1 aromatic heterocycles. The zero-order valence-electron chi connectivity index (χ0n) is 9.04. The highest BCUT2D eigenvalue weighted by Crippen LogP contribution is 2.43. The maximum absolute atomic E-state index is 10.4. The van der Waals surface area contributed by atoms with Crippen LogP contribution in [-0.4, -0.2) is 10.1 Å². The average molecular weight is 201 g/mol. The number of aliphatic hydroxyl groups is 1. The van der Waals surface area contributed by atoms with E-state index in [-0.39, 0.29) is 0 Å². The van der Waals surface area contributed by atoms with Gasteiger partial charge in [0.25, 0.3) is 0 Å². The summed E-state index contributed by atoms with van der Waals surface area (Å²) in [6.45, 7) is 4.00. The minimum absolute atomic E-state index is 0.295. The molecule has 1 aliphatic rings. The van der Waals surface area contributed by atoms with E-state index in [4.69, 9.17) is 0 Å². The lowest BCUT2D eigenvalue weighted by Gasteiger charge is -2.22. The third kappa shape index (κ3) is 1.03. The van der Waals surface area contributed by atoms with Crippen LogP contribution in [0.4, 0.5) is 0 Å². The van der Waals surface area contributed by atoms with Gasteiger partial charge in [0.05, 0.1) is 5.69 Å². The normalized spacial score (nSPS) is 29.7. The fourth-order valence-corrected chi connectivity index (χ4v) is 2.60. The van der Waals surface area contributed by atoms with Crippen LogP contribution >= 0.6 is 0 Å². The van der Waals surface area contributed by atoms with Crippen molar-refractivity contribution in [1.82, 2.24) is 4.98 Å². The number of hydrogen-bond acceptors (Lipinski definition) is 1. The van der Waals surface area contributed by atoms with Crippen molar-refractivity contribution in [2.45, 2.75) is 25.9 Å². The summed E-state index contributed by atoms with van der Waals surface area (Å²) in [7, 11) is 0. The number of hydrogen-bond donors (Lipinski definition) is 2. The number of rotatable bonds is 0. The molecular weight excluding hydrogens is 186 g/mol. The Kier molecular flexibility index (Phi) is 1.58. The summed E-state index contributed by atoms with van der Waals surface area (Å²) in [5.74, 6) is 0.295. The lowest BCUT2D eigenvalue weighted by Crippen LogP contribution is -2.25. The molecule has 0 saturated heterocycles. The van der Waals surface area contributed by atoms with Gasteiger partial charge >= 0.3 is 0 Å². The van der Waals surface area contributed by atoms with E-state index in [2.05, 4.69) is 24.0 Å². The summed E-state index contributed by atoms with van der Waals surface area (Å²) < 4.78 is 0. The van der Waals surface area contributed by atoms with Gasteiger partial charge in [-0.2, -0.15) is 0 Å². The third-order valence-corrected chi connectivity index (χ3v) is 3.79. The number of para-hydroxylation sites is 1. The first kappa shape index (κ1) is 8.98. The van der Waals surface area contributed by atoms with E-state index in [1.807, 2.05) is 19.1 Å². The van der Waals surface area contributed by atoms with E-state index in [1.54, 1.807) is 0 Å². The molecule has 2 unspecified atom stereocenters. The van der Waals surface area contributed by atoms with Gasteiger partial charge in [0.15, 0.2) is 0 Å². The minimum Gasteiger partial charge on any atom is -0.384 e. The Morgan fingerprint density at radius 1 is 1.40 bits per heavy atom. The van der Waals surface area contributed by atoms with Gasteiger partial charge in [-0.1, -0.05) is 25.1 Å². The maximum atomic E-state index is 10.4. The van der Waals surface area contributed by atoms with Gasteiger partial charge in [-0.15, -0.1) is 0 Å². The quantitative estimate of drug-likeness (QED) is 0.675. The molecule has 2 aromatic rings. The van der Waals surface area contributed by atoms with Gasteiger partial charge in [-0.05, 0) is 30.9 Å². The molecule has 2 atom stereocenters. The summed E-state index contributed by atoms with van der Waals surface area (Å²) in [4.78, 5) is 3.35. The van der Waals surface area contributed by atoms with Gasteiger partial charge in [-0.25, -0.2) is 0 Å². The molecule has 1 aromatic carbocycles. The standard InChI is InChI=1S/C13H15NO/c1-8-7-10-9-5-3-4-6-11(9)14-12(10)13(8,2)15/h3-6,8,14-15H,7H2,1-2H3. The van der Waals surface area contributed by atoms with Crippen molar-refractivity contribution < 1.29 is 5.11 Å². The molecular formula is C13H15NO. The fourth-order valence-electron chi connectivity index (χ4n) is 2.60. The molecule has 78 valence electrons. The van der Waals surface area contributed by atoms with Gasteiger partial charge in [0.2, 0.25) is 0 Å². The Hall–Kier alpha value is -1.28. The predicted octanol–water partition coefficient (Wildman–Crippen LogP) is 2.57. The molecule has 15 heavy (non-hydrogen) atoms. The van der Waals surface area contributed by atoms with E-state index < -0.39 is 5.60 Å². The molecule has 1 heterocycles. The Morgan fingerprint density at radius 2 is 2.13 bits per heavy atom. The first-order valence-corrected chi connectivity index (χ1v) is 5.43. The molecule has 0 radical (unpaired) electrons. The Morgan fingerprint density at radius 3 is 2.93 bits per heavy atom. The smallest absolute Gasteiger partial charge is 0.105 e. The van der Waals surface area contributed by atoms with Crippen molar-refractivity contribution in [3.8, 4) is 0 Å². The van der Waals surface area contributed by atoms with Crippen LogP contribution in [0.3, 0.4) is 0 Å². The number of benzene rings is 1. The van der Waals surface area contributed by atoms with Gasteiger partial charge < -0.3 is 10.1 Å². The van der Waals surface area contributed by atoms with E-state index in [0.29, 0.717) is 5.92 Å². The molecule has 1 aliphatic carbocycles. The molecule has 0 bridgehead atoms. The van der Waals surface area contributed by atoms with Crippen molar-refractivity contribution in [1.29, 1.82) is 0 Å². The van der Waals surface area contributed by atoms with Crippen LogP contribution in [0.2, 0.25) is 0 Å². The molecule has 0 aliphatic heterocycles. The number of fused-ring (bicyclic) bond motifs is 3. The highest BCUT2D eigenvalue weighted by molar-refractivity contribution is 5.85. The maximum Gasteiger partial charge on any atom is 0.105 e. The lowest BCUT2D eigenvalue weighted by molar-refractivity contribution is 0.0118. The SMILES string of the molecule is CC1Cc2c([nH]c3ccccc23)C1(C)O. The van der Waals surface area contributed by atoms with Crippen LogP contribution < -0.4 is 0 Å². The summed E-state index contributed by atoms with van der Waals surface area (Å²) in [5.41, 5.74) is 2.74. The molecule has 2 N–H and O–H groups in total. The summed E-state index contributed by atoms with van der Waals surface area (Å²) >= 11 is 0. The molecule has 0 spiro atoms. The van der Waals surface area contributed by atoms with Crippen LogP contribution in [0.1, 0.15) is 25.1 Å². The Balaban J connectivity index is 2.34. The highest BCUT2D eigenvalue weighted by Gasteiger charge is 2.41. The monoisotopic (exact) mass is 201 g/mol. The summed E-state index contributed by atoms with van der Waals surface area (Å²) in [6.07, 6.45) is 0.965. The Bertz CT molecular complexity index is 524.